The SMILES string of the molecule is CCCCC(CCc1ccccc1)C([Si](C)(C)C)S(=O)(=NS(=O)(=O)c1ccc(C)cc1)c1ccccc1. The van der Waals surface area contributed by atoms with E-state index >= 15 is 4.21 Å². The quantitative estimate of drug-likeness (QED) is 0.213. The van der Waals surface area contributed by atoms with Gasteiger partial charge < -0.3 is 0 Å². The predicted molar refractivity (Wildman–Crippen MR) is 159 cm³/mol. The van der Waals surface area contributed by atoms with Crippen LogP contribution in [0.15, 0.2) is 98.5 Å². The van der Waals surface area contributed by atoms with Crippen LogP contribution in [0.4, 0.5) is 0 Å². The molecule has 0 aliphatic carbocycles. The Hall–Kier alpha value is -2.22. The Balaban J connectivity index is 2.22. The molecule has 0 aliphatic heterocycles. The Morgan fingerprint density at radius 3 is 1.86 bits per heavy atom. The van der Waals surface area contributed by atoms with Crippen molar-refractivity contribution in [2.75, 3.05) is 0 Å². The van der Waals surface area contributed by atoms with E-state index < -0.39 is 27.8 Å². The molecule has 0 saturated carbocycles. The van der Waals surface area contributed by atoms with E-state index in [9.17, 15) is 8.42 Å². The van der Waals surface area contributed by atoms with Gasteiger partial charge in [0, 0.05) is 9.77 Å². The van der Waals surface area contributed by atoms with Gasteiger partial charge in [-0.25, -0.2) is 4.21 Å². The third-order valence-corrected chi connectivity index (χ3v) is 16.6. The average molecular weight is 556 g/mol. The zero-order valence-corrected chi connectivity index (χ0v) is 25.4. The highest BCUT2D eigenvalue weighted by atomic mass is 32.3. The van der Waals surface area contributed by atoms with Gasteiger partial charge in [0.1, 0.15) is 0 Å². The minimum atomic E-state index is -4.14. The molecule has 3 atom stereocenters. The summed E-state index contributed by atoms with van der Waals surface area (Å²) >= 11 is 0. The van der Waals surface area contributed by atoms with Gasteiger partial charge in [-0.3, -0.25) is 0 Å². The van der Waals surface area contributed by atoms with Gasteiger partial charge in [0.25, 0.3) is 10.0 Å². The van der Waals surface area contributed by atoms with E-state index in [4.69, 9.17) is 0 Å². The first-order chi connectivity index (χ1) is 17.5. The monoisotopic (exact) mass is 555 g/mol. The Kier molecular flexibility index (Phi) is 9.95. The fourth-order valence-corrected chi connectivity index (χ4v) is 15.8. The third kappa shape index (κ3) is 7.65. The summed E-state index contributed by atoms with van der Waals surface area (Å²) in [7, 11) is -9.65. The Morgan fingerprint density at radius 2 is 1.32 bits per heavy atom. The van der Waals surface area contributed by atoms with Crippen LogP contribution in [0.3, 0.4) is 0 Å². The van der Waals surface area contributed by atoms with Crippen LogP contribution < -0.4 is 0 Å². The fourth-order valence-electron chi connectivity index (χ4n) is 5.11. The second-order valence-electron chi connectivity index (χ2n) is 11.0. The average Bonchev–Trinajstić information content (AvgIpc) is 2.86. The van der Waals surface area contributed by atoms with Gasteiger partial charge in [-0.1, -0.05) is 106 Å². The maximum atomic E-state index is 15.3. The van der Waals surface area contributed by atoms with Gasteiger partial charge in [-0.15, -0.1) is 3.77 Å². The van der Waals surface area contributed by atoms with Crippen LogP contribution in [0.25, 0.3) is 0 Å². The van der Waals surface area contributed by atoms with E-state index in [1.807, 2.05) is 43.3 Å². The molecule has 7 heteroatoms. The molecule has 3 aromatic rings. The van der Waals surface area contributed by atoms with Gasteiger partial charge in [-0.05, 0) is 61.9 Å². The lowest BCUT2D eigenvalue weighted by Crippen LogP contribution is -2.49. The number of hydrogen-bond acceptors (Lipinski definition) is 3. The summed E-state index contributed by atoms with van der Waals surface area (Å²) in [6.45, 7) is 10.7. The molecule has 0 radical (unpaired) electrons. The number of hydrogen-bond donors (Lipinski definition) is 0. The standard InChI is InChI=1S/C30H41NO3S2Si/c1-6-7-16-27(22-21-26-14-10-8-11-15-26)30(37(3,4)5)35(32,28-17-12-9-13-18-28)31-36(33,34)29-23-19-25(2)20-24-29/h8-15,17-20,23-24,27,30H,6-7,16,21-22H2,1-5H3. The highest BCUT2D eigenvalue weighted by molar-refractivity contribution is 8.04. The molecule has 3 unspecified atom stereocenters. The fraction of sp³-hybridized carbons (Fsp3) is 0.400. The minimum Gasteiger partial charge on any atom is -0.244 e. The summed E-state index contributed by atoms with van der Waals surface area (Å²) in [6, 6.07) is 26.1. The first-order valence-corrected chi connectivity index (χ1v) is 19.7. The van der Waals surface area contributed by atoms with Crippen molar-refractivity contribution in [3.63, 3.8) is 0 Å². The molecule has 0 aromatic heterocycles. The van der Waals surface area contributed by atoms with Crippen molar-refractivity contribution in [3.05, 3.63) is 96.1 Å². The molecule has 0 spiro atoms. The van der Waals surface area contributed by atoms with Crippen LogP contribution in [-0.2, 0) is 26.2 Å². The molecule has 0 bridgehead atoms. The van der Waals surface area contributed by atoms with Gasteiger partial charge in [0.05, 0.1) is 22.7 Å². The molecule has 0 heterocycles. The lowest BCUT2D eigenvalue weighted by Gasteiger charge is -2.38. The predicted octanol–water partition coefficient (Wildman–Crippen LogP) is 7.90. The number of unbranched alkanes of at least 4 members (excludes halogenated alkanes) is 1. The van der Waals surface area contributed by atoms with E-state index in [-0.39, 0.29) is 15.7 Å². The summed E-state index contributed by atoms with van der Waals surface area (Å²) in [5.41, 5.74) is 2.21. The van der Waals surface area contributed by atoms with Crippen LogP contribution in [0.2, 0.25) is 19.6 Å². The molecule has 200 valence electrons. The van der Waals surface area contributed by atoms with Gasteiger partial charge in [-0.2, -0.15) is 8.42 Å². The molecular weight excluding hydrogens is 515 g/mol. The number of sulfonamides is 1. The van der Waals surface area contributed by atoms with E-state index in [0.29, 0.717) is 4.90 Å². The maximum absolute atomic E-state index is 15.3. The smallest absolute Gasteiger partial charge is 0.244 e. The van der Waals surface area contributed by atoms with E-state index in [1.165, 1.54) is 5.56 Å². The molecule has 0 fully saturated rings. The topological polar surface area (TPSA) is 63.6 Å². The van der Waals surface area contributed by atoms with Crippen LogP contribution in [-0.4, -0.2) is 25.6 Å². The van der Waals surface area contributed by atoms with E-state index in [2.05, 4.69) is 42.5 Å². The van der Waals surface area contributed by atoms with Crippen molar-refractivity contribution in [2.24, 2.45) is 9.69 Å². The second-order valence-corrected chi connectivity index (χ2v) is 20.9. The van der Waals surface area contributed by atoms with E-state index in [1.54, 1.807) is 36.4 Å². The maximum Gasteiger partial charge on any atom is 0.290 e. The Bertz CT molecular complexity index is 1360. The van der Waals surface area contributed by atoms with Gasteiger partial charge in [0.2, 0.25) is 0 Å². The summed E-state index contributed by atoms with van der Waals surface area (Å²) in [6.07, 6.45) is 4.66. The molecule has 0 amide bonds. The summed E-state index contributed by atoms with van der Waals surface area (Å²) in [5, 5.41) is 0. The number of rotatable bonds is 12. The number of aryl methyl sites for hydroxylation is 2. The van der Waals surface area contributed by atoms with Crippen LogP contribution in [0.5, 0.6) is 0 Å². The lowest BCUT2D eigenvalue weighted by atomic mass is 9.96. The molecule has 0 saturated heterocycles. The van der Waals surface area contributed by atoms with Crippen molar-refractivity contribution in [2.45, 2.75) is 80.3 Å². The summed E-state index contributed by atoms with van der Waals surface area (Å²) in [4.78, 5) is 0.280. The molecule has 0 aliphatic rings. The minimum absolute atomic E-state index is 0.0884. The normalized spacial score (nSPS) is 15.5. The van der Waals surface area contributed by atoms with Crippen molar-refractivity contribution in [1.29, 1.82) is 0 Å². The molecule has 3 aromatic carbocycles. The van der Waals surface area contributed by atoms with Crippen LogP contribution in [0, 0.1) is 12.8 Å². The lowest BCUT2D eigenvalue weighted by molar-refractivity contribution is 0.450. The van der Waals surface area contributed by atoms with Crippen LogP contribution >= 0.6 is 0 Å². The molecule has 3 rings (SSSR count). The highest BCUT2D eigenvalue weighted by Crippen LogP contribution is 2.37. The molecular formula is C30H41NO3S2Si. The number of benzene rings is 3. The zero-order valence-electron chi connectivity index (χ0n) is 22.8. The first-order valence-electron chi connectivity index (χ1n) is 13.2. The Morgan fingerprint density at radius 1 is 0.757 bits per heavy atom. The number of nitrogens with zero attached hydrogens (tertiary/aromatic N) is 1. The van der Waals surface area contributed by atoms with Crippen molar-refractivity contribution < 1.29 is 12.6 Å². The highest BCUT2D eigenvalue weighted by Gasteiger charge is 2.43. The van der Waals surface area contributed by atoms with Gasteiger partial charge in [0.15, 0.2) is 0 Å². The largest absolute Gasteiger partial charge is 0.290 e. The molecule has 37 heavy (non-hydrogen) atoms. The van der Waals surface area contributed by atoms with Gasteiger partial charge >= 0.3 is 0 Å². The summed E-state index contributed by atoms with van der Waals surface area (Å²) in [5.74, 6) is 0.0940. The third-order valence-electron chi connectivity index (χ3n) is 6.81. The van der Waals surface area contributed by atoms with Crippen molar-refractivity contribution in [1.82, 2.24) is 0 Å². The molecule has 4 nitrogen and oxygen atoms in total. The molecule has 0 N–H and O–H groups in total. The van der Waals surface area contributed by atoms with E-state index in [0.717, 1.165) is 37.7 Å². The summed E-state index contributed by atoms with van der Waals surface area (Å²) < 4.78 is 47.0. The Labute approximate surface area is 225 Å². The second kappa shape index (κ2) is 12.5. The van der Waals surface area contributed by atoms with Crippen molar-refractivity contribution in [3.8, 4) is 0 Å². The van der Waals surface area contributed by atoms with Crippen LogP contribution in [0.1, 0.15) is 43.7 Å². The van der Waals surface area contributed by atoms with Crippen molar-refractivity contribution >= 4 is 27.8 Å². The first kappa shape index (κ1) is 29.3. The zero-order chi connectivity index (χ0) is 27.1.